The number of nitrogens with two attached hydrogens (primary N) is 1. The molecule has 1 aromatic heterocycles. The molecule has 1 aliphatic rings. The zero-order valence-corrected chi connectivity index (χ0v) is 19.0. The van der Waals surface area contributed by atoms with Gasteiger partial charge in [0.25, 0.3) is 11.5 Å². The minimum absolute atomic E-state index is 0.0515. The number of amides is 1. The molecule has 2 aromatic carbocycles. The van der Waals surface area contributed by atoms with Crippen molar-refractivity contribution in [2.24, 2.45) is 5.73 Å². The zero-order chi connectivity index (χ0) is 23.4. The van der Waals surface area contributed by atoms with E-state index in [1.807, 2.05) is 30.3 Å². The van der Waals surface area contributed by atoms with Gasteiger partial charge in [-0.15, -0.1) is 0 Å². The fourth-order valence-corrected chi connectivity index (χ4v) is 4.57. The summed E-state index contributed by atoms with van der Waals surface area (Å²) >= 11 is 6.16. The minimum Gasteiger partial charge on any atom is -0.395 e. The SMILES string of the molecule is N[C@]1(c2cccc(Cl)c2)CC[C@H](n2nc(-c3cccc(C(=O)NCCO)c3)ccc2=O)CC1. The first-order valence-electron chi connectivity index (χ1n) is 11.0. The number of hydrogen-bond donors (Lipinski definition) is 3. The zero-order valence-electron chi connectivity index (χ0n) is 18.2. The van der Waals surface area contributed by atoms with Gasteiger partial charge in [0, 0.05) is 34.3 Å². The van der Waals surface area contributed by atoms with E-state index in [1.165, 1.54) is 6.07 Å². The Hall–Kier alpha value is -3.00. The van der Waals surface area contributed by atoms with Gasteiger partial charge >= 0.3 is 0 Å². The standard InChI is InChI=1S/C25H27ClN4O3/c26-20-6-2-5-19(16-20)25(27)11-9-21(10-12-25)30-23(32)8-7-22(29-30)17-3-1-4-18(15-17)24(33)28-13-14-31/h1-8,15-16,21,31H,9-14,27H2,(H,28,33)/t21-,25+. The minimum atomic E-state index is -0.473. The van der Waals surface area contributed by atoms with E-state index in [-0.39, 0.29) is 30.7 Å². The molecule has 1 saturated carbocycles. The number of carbonyl (C=O) groups excluding carboxylic acids is 1. The van der Waals surface area contributed by atoms with Crippen LogP contribution < -0.4 is 16.6 Å². The van der Waals surface area contributed by atoms with E-state index in [1.54, 1.807) is 28.9 Å². The molecule has 0 aliphatic heterocycles. The van der Waals surface area contributed by atoms with Crippen molar-refractivity contribution in [2.45, 2.75) is 37.3 Å². The molecule has 33 heavy (non-hydrogen) atoms. The largest absolute Gasteiger partial charge is 0.395 e. The Bertz CT molecular complexity index is 1200. The van der Waals surface area contributed by atoms with E-state index in [0.717, 1.165) is 36.8 Å². The highest BCUT2D eigenvalue weighted by Crippen LogP contribution is 2.39. The predicted molar refractivity (Wildman–Crippen MR) is 128 cm³/mol. The third kappa shape index (κ3) is 5.16. The Morgan fingerprint density at radius 2 is 1.91 bits per heavy atom. The first kappa shape index (κ1) is 23.2. The van der Waals surface area contributed by atoms with Crippen molar-refractivity contribution in [3.05, 3.63) is 87.2 Å². The summed E-state index contributed by atoms with van der Waals surface area (Å²) in [7, 11) is 0. The molecule has 4 N–H and O–H groups in total. The lowest BCUT2D eigenvalue weighted by atomic mass is 9.75. The van der Waals surface area contributed by atoms with Gasteiger partial charge in [-0.3, -0.25) is 9.59 Å². The van der Waals surface area contributed by atoms with Crippen molar-refractivity contribution in [1.29, 1.82) is 0 Å². The van der Waals surface area contributed by atoms with E-state index in [9.17, 15) is 9.59 Å². The Labute approximate surface area is 197 Å². The summed E-state index contributed by atoms with van der Waals surface area (Å²) < 4.78 is 1.55. The van der Waals surface area contributed by atoms with Crippen LogP contribution in [0.3, 0.4) is 0 Å². The summed E-state index contributed by atoms with van der Waals surface area (Å²) in [4.78, 5) is 24.9. The third-order valence-corrected chi connectivity index (χ3v) is 6.47. The monoisotopic (exact) mass is 466 g/mol. The average Bonchev–Trinajstić information content (AvgIpc) is 2.83. The molecule has 0 radical (unpaired) electrons. The normalized spacial score (nSPS) is 20.4. The molecule has 0 bridgehead atoms. The molecule has 0 saturated heterocycles. The van der Waals surface area contributed by atoms with E-state index >= 15 is 0 Å². The number of nitrogens with one attached hydrogen (secondary N) is 1. The molecule has 0 atom stereocenters. The molecule has 0 spiro atoms. The van der Waals surface area contributed by atoms with Crippen LogP contribution in [0.5, 0.6) is 0 Å². The van der Waals surface area contributed by atoms with Crippen LogP contribution in [0.2, 0.25) is 5.02 Å². The second-order valence-electron chi connectivity index (χ2n) is 8.46. The fraction of sp³-hybridized carbons (Fsp3) is 0.320. The van der Waals surface area contributed by atoms with Crippen molar-refractivity contribution < 1.29 is 9.90 Å². The molecule has 8 heteroatoms. The number of carbonyl (C=O) groups is 1. The van der Waals surface area contributed by atoms with Crippen LogP contribution in [0.4, 0.5) is 0 Å². The van der Waals surface area contributed by atoms with Crippen LogP contribution in [0.25, 0.3) is 11.3 Å². The van der Waals surface area contributed by atoms with E-state index in [0.29, 0.717) is 16.3 Å². The van der Waals surface area contributed by atoms with E-state index in [4.69, 9.17) is 22.4 Å². The number of benzene rings is 2. The van der Waals surface area contributed by atoms with Gasteiger partial charge < -0.3 is 16.2 Å². The van der Waals surface area contributed by atoms with Gasteiger partial charge in [0.1, 0.15) is 0 Å². The van der Waals surface area contributed by atoms with Gasteiger partial charge in [0.15, 0.2) is 0 Å². The number of halogens is 1. The average molecular weight is 467 g/mol. The third-order valence-electron chi connectivity index (χ3n) is 6.24. The first-order valence-corrected chi connectivity index (χ1v) is 11.4. The number of aliphatic hydroxyl groups excluding tert-OH is 1. The quantitative estimate of drug-likeness (QED) is 0.516. The van der Waals surface area contributed by atoms with Crippen molar-refractivity contribution in [1.82, 2.24) is 15.1 Å². The predicted octanol–water partition coefficient (Wildman–Crippen LogP) is 3.26. The van der Waals surface area contributed by atoms with Crippen LogP contribution in [-0.4, -0.2) is 33.9 Å². The molecular weight excluding hydrogens is 440 g/mol. The van der Waals surface area contributed by atoms with Crippen LogP contribution >= 0.6 is 11.6 Å². The number of nitrogens with zero attached hydrogens (tertiary/aromatic N) is 2. The summed E-state index contributed by atoms with van der Waals surface area (Å²) in [5.41, 5.74) is 8.91. The maximum atomic E-state index is 12.6. The highest BCUT2D eigenvalue weighted by atomic mass is 35.5. The van der Waals surface area contributed by atoms with Gasteiger partial charge in [0.2, 0.25) is 0 Å². The highest BCUT2D eigenvalue weighted by molar-refractivity contribution is 6.30. The van der Waals surface area contributed by atoms with Crippen LogP contribution in [0.1, 0.15) is 47.6 Å². The maximum Gasteiger partial charge on any atom is 0.267 e. The lowest BCUT2D eigenvalue weighted by Gasteiger charge is -2.37. The lowest BCUT2D eigenvalue weighted by molar-refractivity contribution is 0.0945. The number of aliphatic hydroxyl groups is 1. The second-order valence-corrected chi connectivity index (χ2v) is 8.90. The highest BCUT2D eigenvalue weighted by Gasteiger charge is 2.34. The summed E-state index contributed by atoms with van der Waals surface area (Å²) in [5, 5.41) is 16.9. The molecule has 172 valence electrons. The number of rotatable bonds is 6. The fourth-order valence-electron chi connectivity index (χ4n) is 4.38. The topological polar surface area (TPSA) is 110 Å². The van der Waals surface area contributed by atoms with Gasteiger partial charge in [-0.1, -0.05) is 35.9 Å². The Morgan fingerprint density at radius 1 is 1.15 bits per heavy atom. The van der Waals surface area contributed by atoms with Crippen LogP contribution in [0.15, 0.2) is 65.5 Å². The molecule has 1 amide bonds. The maximum absolute atomic E-state index is 12.6. The smallest absolute Gasteiger partial charge is 0.267 e. The first-order chi connectivity index (χ1) is 15.9. The van der Waals surface area contributed by atoms with E-state index in [2.05, 4.69) is 10.4 Å². The molecule has 4 rings (SSSR count). The summed E-state index contributed by atoms with van der Waals surface area (Å²) in [6.07, 6.45) is 2.89. The van der Waals surface area contributed by atoms with Crippen LogP contribution in [-0.2, 0) is 5.54 Å². The van der Waals surface area contributed by atoms with Gasteiger partial charge in [-0.2, -0.15) is 5.10 Å². The van der Waals surface area contributed by atoms with E-state index < -0.39 is 5.54 Å². The summed E-state index contributed by atoms with van der Waals surface area (Å²) in [6.45, 7) is 0.0619. The second kappa shape index (κ2) is 9.87. The molecule has 1 aliphatic carbocycles. The Morgan fingerprint density at radius 3 is 2.64 bits per heavy atom. The van der Waals surface area contributed by atoms with Gasteiger partial charge in [-0.05, 0) is 61.6 Å². The Kier molecular flexibility index (Phi) is 6.93. The van der Waals surface area contributed by atoms with Gasteiger partial charge in [-0.25, -0.2) is 4.68 Å². The molecule has 1 fully saturated rings. The van der Waals surface area contributed by atoms with Crippen molar-refractivity contribution in [3.63, 3.8) is 0 Å². The molecular formula is C25H27ClN4O3. The van der Waals surface area contributed by atoms with Crippen LogP contribution in [0, 0.1) is 0 Å². The number of aromatic nitrogens is 2. The Balaban J connectivity index is 1.54. The summed E-state index contributed by atoms with van der Waals surface area (Å²) in [5.74, 6) is -0.271. The lowest BCUT2D eigenvalue weighted by Crippen LogP contribution is -2.42. The van der Waals surface area contributed by atoms with Crippen molar-refractivity contribution in [3.8, 4) is 11.3 Å². The van der Waals surface area contributed by atoms with Crippen molar-refractivity contribution in [2.75, 3.05) is 13.2 Å². The van der Waals surface area contributed by atoms with Crippen molar-refractivity contribution >= 4 is 17.5 Å². The summed E-state index contributed by atoms with van der Waals surface area (Å²) in [6, 6.07) is 17.8. The van der Waals surface area contributed by atoms with Gasteiger partial charge in [0.05, 0.1) is 18.3 Å². The molecule has 7 nitrogen and oxygen atoms in total. The molecule has 1 heterocycles. The molecule has 3 aromatic rings. The molecule has 0 unspecified atom stereocenters. The number of hydrogen-bond acceptors (Lipinski definition) is 5.